The van der Waals surface area contributed by atoms with Crippen molar-refractivity contribution in [3.63, 3.8) is 0 Å². The summed E-state index contributed by atoms with van der Waals surface area (Å²) in [7, 11) is 0. The van der Waals surface area contributed by atoms with E-state index in [0.717, 1.165) is 0 Å². The van der Waals surface area contributed by atoms with Gasteiger partial charge < -0.3 is 5.21 Å². The van der Waals surface area contributed by atoms with E-state index in [2.05, 4.69) is 5.16 Å². The third-order valence-corrected chi connectivity index (χ3v) is 1.82. The van der Waals surface area contributed by atoms with Gasteiger partial charge in [0.2, 0.25) is 5.78 Å². The fourth-order valence-corrected chi connectivity index (χ4v) is 1.04. The van der Waals surface area contributed by atoms with Crippen LogP contribution in [0.4, 0.5) is 4.39 Å². The number of carbonyl (C=O) groups excluding carboxylic acids is 1. The summed E-state index contributed by atoms with van der Waals surface area (Å²) in [5.41, 5.74) is 0.387. The van der Waals surface area contributed by atoms with Crippen molar-refractivity contribution in [3.8, 4) is 0 Å². The molecule has 0 spiro atoms. The maximum atomic E-state index is 12.5. The molecule has 0 bridgehead atoms. The number of hydrogen-bond donors (Lipinski definition) is 1. The lowest BCUT2D eigenvalue weighted by Gasteiger charge is -2.00. The van der Waals surface area contributed by atoms with E-state index in [9.17, 15) is 9.18 Å². The number of ketones is 1. The Morgan fingerprint density at radius 2 is 2.00 bits per heavy atom. The van der Waals surface area contributed by atoms with Crippen LogP contribution in [-0.2, 0) is 0 Å². The van der Waals surface area contributed by atoms with Crippen LogP contribution in [0.5, 0.6) is 0 Å². The lowest BCUT2D eigenvalue weighted by molar-refractivity contribution is 0.106. The molecule has 0 fully saturated rings. The average molecular weight is 195 g/mol. The minimum Gasteiger partial charge on any atom is -0.411 e. The van der Waals surface area contributed by atoms with Crippen LogP contribution in [0.1, 0.15) is 23.7 Å². The van der Waals surface area contributed by atoms with Crippen molar-refractivity contribution in [2.24, 2.45) is 5.16 Å². The minimum absolute atomic E-state index is 0.0663. The second-order valence-electron chi connectivity index (χ2n) is 2.74. The first-order valence-electron chi connectivity index (χ1n) is 4.20. The first-order chi connectivity index (χ1) is 6.69. The first-order valence-corrected chi connectivity index (χ1v) is 4.20. The van der Waals surface area contributed by atoms with Gasteiger partial charge in [0.05, 0.1) is 0 Å². The van der Waals surface area contributed by atoms with Crippen molar-refractivity contribution in [2.45, 2.75) is 13.3 Å². The predicted octanol–water partition coefficient (Wildman–Crippen LogP) is 2.25. The predicted molar refractivity (Wildman–Crippen MR) is 50.2 cm³/mol. The van der Waals surface area contributed by atoms with Gasteiger partial charge in [0.25, 0.3) is 0 Å². The molecular formula is C10H10FNO2. The van der Waals surface area contributed by atoms with E-state index in [1.807, 2.05) is 0 Å². The van der Waals surface area contributed by atoms with Crippen molar-refractivity contribution in [2.75, 3.05) is 0 Å². The van der Waals surface area contributed by atoms with E-state index in [-0.39, 0.29) is 11.5 Å². The van der Waals surface area contributed by atoms with Gasteiger partial charge in [0.1, 0.15) is 11.5 Å². The van der Waals surface area contributed by atoms with E-state index in [1.54, 1.807) is 6.92 Å². The number of hydrogen-bond acceptors (Lipinski definition) is 3. The molecular weight excluding hydrogens is 185 g/mol. The second kappa shape index (κ2) is 4.50. The standard InChI is InChI=1S/C10H10FNO2/c1-2-9(12-14)10(13)7-3-5-8(11)6-4-7/h3-6,14H,2H2,1H3/b12-9-. The van der Waals surface area contributed by atoms with Gasteiger partial charge in [0, 0.05) is 5.56 Å². The molecule has 1 aromatic rings. The molecule has 1 N–H and O–H groups in total. The van der Waals surface area contributed by atoms with Crippen LogP contribution in [0, 0.1) is 5.82 Å². The fraction of sp³-hybridized carbons (Fsp3) is 0.200. The Hall–Kier alpha value is -1.71. The minimum atomic E-state index is -0.402. The Labute approximate surface area is 80.9 Å². The number of halogens is 1. The van der Waals surface area contributed by atoms with E-state index >= 15 is 0 Å². The third kappa shape index (κ3) is 2.16. The van der Waals surface area contributed by atoms with E-state index in [4.69, 9.17) is 5.21 Å². The number of nitrogens with zero attached hydrogens (tertiary/aromatic N) is 1. The zero-order chi connectivity index (χ0) is 10.6. The van der Waals surface area contributed by atoms with E-state index in [1.165, 1.54) is 24.3 Å². The monoisotopic (exact) mass is 195 g/mol. The molecule has 0 aliphatic heterocycles. The fourth-order valence-electron chi connectivity index (χ4n) is 1.04. The number of oxime groups is 1. The summed E-state index contributed by atoms with van der Waals surface area (Å²) in [6, 6.07) is 5.10. The average Bonchev–Trinajstić information content (AvgIpc) is 2.20. The summed E-state index contributed by atoms with van der Waals surface area (Å²) in [4.78, 5) is 11.5. The van der Waals surface area contributed by atoms with Crippen LogP contribution in [-0.4, -0.2) is 16.7 Å². The smallest absolute Gasteiger partial charge is 0.210 e. The molecule has 0 amide bonds. The normalized spacial score (nSPS) is 11.4. The number of rotatable bonds is 3. The lowest BCUT2D eigenvalue weighted by Crippen LogP contribution is -2.13. The highest BCUT2D eigenvalue weighted by Gasteiger charge is 2.12. The Balaban J connectivity index is 2.95. The van der Waals surface area contributed by atoms with Gasteiger partial charge in [-0.25, -0.2) is 4.39 Å². The molecule has 1 aromatic carbocycles. The number of Topliss-reactive ketones (excluding diaryl/α,β-unsaturated/α-hetero) is 1. The van der Waals surface area contributed by atoms with Gasteiger partial charge in [-0.15, -0.1) is 0 Å². The van der Waals surface area contributed by atoms with Crippen LogP contribution >= 0.6 is 0 Å². The van der Waals surface area contributed by atoms with Gasteiger partial charge in [0.15, 0.2) is 0 Å². The number of carbonyl (C=O) groups is 1. The van der Waals surface area contributed by atoms with Crippen LogP contribution in [0.2, 0.25) is 0 Å². The molecule has 0 saturated carbocycles. The maximum Gasteiger partial charge on any atom is 0.210 e. The van der Waals surface area contributed by atoms with E-state index < -0.39 is 5.82 Å². The molecule has 4 heteroatoms. The summed E-state index contributed by atoms with van der Waals surface area (Å²) in [6.07, 6.45) is 0.340. The molecule has 0 saturated heterocycles. The van der Waals surface area contributed by atoms with Crippen molar-refractivity contribution < 1.29 is 14.4 Å². The molecule has 0 aliphatic carbocycles. The summed E-state index contributed by atoms with van der Waals surface area (Å²) < 4.78 is 12.5. The Bertz CT molecular complexity index is 357. The highest BCUT2D eigenvalue weighted by atomic mass is 19.1. The Morgan fingerprint density at radius 1 is 1.43 bits per heavy atom. The molecule has 0 atom stereocenters. The van der Waals surface area contributed by atoms with Crippen LogP contribution in [0.15, 0.2) is 29.4 Å². The number of benzene rings is 1. The maximum absolute atomic E-state index is 12.5. The molecule has 74 valence electrons. The quantitative estimate of drug-likeness (QED) is 0.348. The summed E-state index contributed by atoms with van der Waals surface area (Å²) >= 11 is 0. The van der Waals surface area contributed by atoms with Crippen LogP contribution in [0.3, 0.4) is 0 Å². The third-order valence-electron chi connectivity index (χ3n) is 1.82. The van der Waals surface area contributed by atoms with Crippen molar-refractivity contribution in [3.05, 3.63) is 35.6 Å². The molecule has 0 aromatic heterocycles. The van der Waals surface area contributed by atoms with Crippen molar-refractivity contribution >= 4 is 11.5 Å². The molecule has 0 radical (unpaired) electrons. The molecule has 3 nitrogen and oxygen atoms in total. The topological polar surface area (TPSA) is 49.7 Å². The van der Waals surface area contributed by atoms with Crippen LogP contribution in [0.25, 0.3) is 0 Å². The van der Waals surface area contributed by atoms with Crippen LogP contribution < -0.4 is 0 Å². The zero-order valence-electron chi connectivity index (χ0n) is 7.70. The Morgan fingerprint density at radius 3 is 2.43 bits per heavy atom. The van der Waals surface area contributed by atoms with Gasteiger partial charge in [-0.3, -0.25) is 4.79 Å². The second-order valence-corrected chi connectivity index (χ2v) is 2.74. The highest BCUT2D eigenvalue weighted by Crippen LogP contribution is 2.05. The van der Waals surface area contributed by atoms with E-state index in [0.29, 0.717) is 12.0 Å². The largest absolute Gasteiger partial charge is 0.411 e. The Kier molecular flexibility index (Phi) is 3.34. The molecule has 0 unspecified atom stereocenters. The van der Waals surface area contributed by atoms with Gasteiger partial charge in [-0.1, -0.05) is 12.1 Å². The summed E-state index contributed by atoms with van der Waals surface area (Å²) in [6.45, 7) is 1.70. The van der Waals surface area contributed by atoms with Gasteiger partial charge >= 0.3 is 0 Å². The van der Waals surface area contributed by atoms with Gasteiger partial charge in [-0.05, 0) is 30.7 Å². The SMILES string of the molecule is CC/C(=N/O)C(=O)c1ccc(F)cc1. The molecule has 0 heterocycles. The first kappa shape index (κ1) is 10.4. The molecule has 14 heavy (non-hydrogen) atoms. The molecule has 1 rings (SSSR count). The molecule has 0 aliphatic rings. The van der Waals surface area contributed by atoms with Crippen molar-refractivity contribution in [1.82, 2.24) is 0 Å². The van der Waals surface area contributed by atoms with Gasteiger partial charge in [-0.2, -0.15) is 0 Å². The summed E-state index contributed by atoms with van der Waals surface area (Å²) in [5.74, 6) is -0.782. The van der Waals surface area contributed by atoms with Crippen molar-refractivity contribution in [1.29, 1.82) is 0 Å². The highest BCUT2D eigenvalue weighted by molar-refractivity contribution is 6.45. The lowest BCUT2D eigenvalue weighted by atomic mass is 10.1. The zero-order valence-corrected chi connectivity index (χ0v) is 7.70. The summed E-state index contributed by atoms with van der Waals surface area (Å²) in [5, 5.41) is 11.4.